The Hall–Kier alpha value is -0.820. The second-order valence-electron chi connectivity index (χ2n) is 8.05. The Morgan fingerprint density at radius 3 is 2.48 bits per heavy atom. The molecule has 3 aliphatic heterocycles. The van der Waals surface area contributed by atoms with Gasteiger partial charge >= 0.3 is 0 Å². The van der Waals surface area contributed by atoms with Crippen LogP contribution in [0.15, 0.2) is 12.3 Å². The molecule has 0 aromatic carbocycles. The summed E-state index contributed by atoms with van der Waals surface area (Å²) in [4.78, 5) is 15.0. The van der Waals surface area contributed by atoms with Crippen molar-refractivity contribution in [1.29, 1.82) is 0 Å². The topological polar surface area (TPSA) is 62.2 Å². The molecule has 3 aliphatic rings. The Bertz CT molecular complexity index is 591. The average Bonchev–Trinajstić information content (AvgIpc) is 3.21. The monoisotopic (exact) mass is 417 g/mol. The average molecular weight is 418 g/mol. The van der Waals surface area contributed by atoms with E-state index in [1.807, 2.05) is 16.9 Å². The molecule has 2 N–H and O–H groups in total. The highest BCUT2D eigenvalue weighted by Gasteiger charge is 2.34. The molecule has 0 radical (unpaired) electrons. The van der Waals surface area contributed by atoms with Crippen LogP contribution in [-0.4, -0.2) is 52.3 Å². The first-order chi connectivity index (χ1) is 12.2. The van der Waals surface area contributed by atoms with Gasteiger partial charge in [0.05, 0.1) is 12.2 Å². The van der Waals surface area contributed by atoms with Gasteiger partial charge in [-0.25, -0.2) is 4.68 Å². The minimum atomic E-state index is 0. The van der Waals surface area contributed by atoms with Gasteiger partial charge in [0.1, 0.15) is 5.82 Å². The van der Waals surface area contributed by atoms with Crippen LogP contribution >= 0.6 is 24.8 Å². The summed E-state index contributed by atoms with van der Waals surface area (Å²) in [6, 6.07) is 3.63. The largest absolute Gasteiger partial charge is 0.311 e. The lowest BCUT2D eigenvalue weighted by molar-refractivity contribution is -0.117. The number of anilines is 1. The SMILES string of the molecule is CCN1CCC(n2nccc2NC(=O)CC2CC3CCC(C2)N3)CC1.Cl.Cl. The van der Waals surface area contributed by atoms with E-state index in [2.05, 4.69) is 27.6 Å². The molecule has 0 spiro atoms. The maximum Gasteiger partial charge on any atom is 0.225 e. The molecule has 6 nitrogen and oxygen atoms in total. The maximum absolute atomic E-state index is 12.6. The number of hydrogen-bond donors (Lipinski definition) is 2. The zero-order chi connectivity index (χ0) is 17.2. The molecule has 3 fully saturated rings. The van der Waals surface area contributed by atoms with E-state index in [9.17, 15) is 4.79 Å². The van der Waals surface area contributed by atoms with Crippen molar-refractivity contribution in [3.05, 3.63) is 12.3 Å². The molecule has 2 bridgehead atoms. The second-order valence-corrected chi connectivity index (χ2v) is 8.05. The first-order valence-electron chi connectivity index (χ1n) is 10.0. The van der Waals surface area contributed by atoms with E-state index < -0.39 is 0 Å². The minimum Gasteiger partial charge on any atom is -0.311 e. The summed E-state index contributed by atoms with van der Waals surface area (Å²) in [5.41, 5.74) is 0. The van der Waals surface area contributed by atoms with Crippen LogP contribution in [0, 0.1) is 5.92 Å². The maximum atomic E-state index is 12.6. The number of carbonyl (C=O) groups is 1. The van der Waals surface area contributed by atoms with Crippen LogP contribution in [0.5, 0.6) is 0 Å². The van der Waals surface area contributed by atoms with Gasteiger partial charge in [0, 0.05) is 37.7 Å². The van der Waals surface area contributed by atoms with Crippen LogP contribution in [0.1, 0.15) is 57.9 Å². The standard InChI is InChI=1S/C19H31N5O.2ClH/c1-2-23-9-6-17(7-10-23)24-18(5-8-20-24)22-19(25)13-14-11-15-3-4-16(12-14)21-15;;/h5,8,14-17,21H,2-4,6-7,9-13H2,1H3,(H,22,25);2*1H. The van der Waals surface area contributed by atoms with Crippen LogP contribution in [0.4, 0.5) is 5.82 Å². The third-order valence-corrected chi connectivity index (χ3v) is 6.33. The van der Waals surface area contributed by atoms with E-state index >= 15 is 0 Å². The van der Waals surface area contributed by atoms with Crippen LogP contribution in [0.3, 0.4) is 0 Å². The molecule has 0 saturated carbocycles. The minimum absolute atomic E-state index is 0. The van der Waals surface area contributed by atoms with Crippen LogP contribution < -0.4 is 10.6 Å². The van der Waals surface area contributed by atoms with Crippen molar-refractivity contribution in [2.75, 3.05) is 25.0 Å². The molecule has 154 valence electrons. The van der Waals surface area contributed by atoms with Crippen molar-refractivity contribution in [2.24, 2.45) is 5.92 Å². The summed E-state index contributed by atoms with van der Waals surface area (Å²) >= 11 is 0. The van der Waals surface area contributed by atoms with Crippen molar-refractivity contribution >= 4 is 36.5 Å². The fraction of sp³-hybridized carbons (Fsp3) is 0.789. The Labute approximate surface area is 174 Å². The number of aromatic nitrogens is 2. The molecule has 8 heteroatoms. The summed E-state index contributed by atoms with van der Waals surface area (Å²) in [5, 5.41) is 11.3. The van der Waals surface area contributed by atoms with Gasteiger partial charge in [0.25, 0.3) is 0 Å². The predicted molar refractivity (Wildman–Crippen MR) is 113 cm³/mol. The number of amides is 1. The zero-order valence-electron chi connectivity index (χ0n) is 16.1. The molecular weight excluding hydrogens is 385 g/mol. The van der Waals surface area contributed by atoms with Gasteiger partial charge in [0.15, 0.2) is 0 Å². The summed E-state index contributed by atoms with van der Waals surface area (Å²) in [6.07, 6.45) is 9.54. The molecule has 2 atom stereocenters. The number of nitrogens with zero attached hydrogens (tertiary/aromatic N) is 3. The summed E-state index contributed by atoms with van der Waals surface area (Å²) in [5.74, 6) is 1.55. The summed E-state index contributed by atoms with van der Waals surface area (Å²) in [6.45, 7) is 5.57. The predicted octanol–water partition coefficient (Wildman–Crippen LogP) is 3.24. The number of carbonyl (C=O) groups excluding carboxylic acids is 1. The van der Waals surface area contributed by atoms with Crippen molar-refractivity contribution in [3.63, 3.8) is 0 Å². The van der Waals surface area contributed by atoms with Gasteiger partial charge in [-0.2, -0.15) is 5.10 Å². The van der Waals surface area contributed by atoms with Crippen LogP contribution in [0.2, 0.25) is 0 Å². The third-order valence-electron chi connectivity index (χ3n) is 6.33. The number of nitrogens with one attached hydrogen (secondary N) is 2. The first-order valence-corrected chi connectivity index (χ1v) is 10.0. The van der Waals surface area contributed by atoms with E-state index in [-0.39, 0.29) is 30.7 Å². The normalized spacial score (nSPS) is 28.3. The molecule has 1 aromatic rings. The number of piperidine rings is 2. The fourth-order valence-electron chi connectivity index (χ4n) is 4.98. The Morgan fingerprint density at radius 1 is 1.19 bits per heavy atom. The van der Waals surface area contributed by atoms with Crippen LogP contribution in [0.25, 0.3) is 0 Å². The number of likely N-dealkylation sites (tertiary alicyclic amines) is 1. The highest BCUT2D eigenvalue weighted by molar-refractivity contribution is 5.90. The number of hydrogen-bond acceptors (Lipinski definition) is 4. The van der Waals surface area contributed by atoms with Crippen molar-refractivity contribution in [2.45, 2.75) is 70.0 Å². The molecule has 4 heterocycles. The van der Waals surface area contributed by atoms with E-state index in [0.29, 0.717) is 30.5 Å². The Kier molecular flexibility index (Phi) is 8.40. The molecule has 0 aliphatic carbocycles. The molecule has 3 saturated heterocycles. The molecule has 1 amide bonds. The lowest BCUT2D eigenvalue weighted by Crippen LogP contribution is -2.39. The smallest absolute Gasteiger partial charge is 0.225 e. The van der Waals surface area contributed by atoms with Gasteiger partial charge < -0.3 is 15.5 Å². The molecule has 1 aromatic heterocycles. The van der Waals surface area contributed by atoms with Gasteiger partial charge in [0.2, 0.25) is 5.91 Å². The van der Waals surface area contributed by atoms with E-state index in [0.717, 1.165) is 51.1 Å². The number of rotatable bonds is 5. The van der Waals surface area contributed by atoms with Gasteiger partial charge in [-0.1, -0.05) is 6.92 Å². The zero-order valence-corrected chi connectivity index (χ0v) is 17.7. The molecule has 27 heavy (non-hydrogen) atoms. The van der Waals surface area contributed by atoms with Crippen molar-refractivity contribution in [1.82, 2.24) is 20.0 Å². The lowest BCUT2D eigenvalue weighted by Gasteiger charge is -2.32. The number of halogens is 2. The highest BCUT2D eigenvalue weighted by atomic mass is 35.5. The molecule has 2 unspecified atom stereocenters. The van der Waals surface area contributed by atoms with E-state index in [1.54, 1.807) is 0 Å². The van der Waals surface area contributed by atoms with E-state index in [4.69, 9.17) is 0 Å². The van der Waals surface area contributed by atoms with Crippen molar-refractivity contribution in [3.8, 4) is 0 Å². The molecular formula is C19H33Cl2N5O. The number of fused-ring (bicyclic) bond motifs is 2. The summed E-state index contributed by atoms with van der Waals surface area (Å²) < 4.78 is 2.04. The van der Waals surface area contributed by atoms with Gasteiger partial charge in [-0.15, -0.1) is 24.8 Å². The lowest BCUT2D eigenvalue weighted by atomic mass is 9.89. The van der Waals surface area contributed by atoms with Crippen LogP contribution in [-0.2, 0) is 4.79 Å². The quantitative estimate of drug-likeness (QED) is 0.771. The Morgan fingerprint density at radius 2 is 1.85 bits per heavy atom. The van der Waals surface area contributed by atoms with Crippen molar-refractivity contribution < 1.29 is 4.79 Å². The first kappa shape index (κ1) is 22.5. The highest BCUT2D eigenvalue weighted by Crippen LogP contribution is 2.33. The van der Waals surface area contributed by atoms with Gasteiger partial charge in [-0.3, -0.25) is 4.79 Å². The fourth-order valence-corrected chi connectivity index (χ4v) is 4.98. The van der Waals surface area contributed by atoms with E-state index in [1.165, 1.54) is 12.8 Å². The Balaban J connectivity index is 0.00000131. The molecule has 4 rings (SSSR count). The second kappa shape index (κ2) is 10.1. The third kappa shape index (κ3) is 5.37. The van der Waals surface area contributed by atoms with Gasteiger partial charge in [-0.05, 0) is 51.0 Å². The summed E-state index contributed by atoms with van der Waals surface area (Å²) in [7, 11) is 0.